The van der Waals surface area contributed by atoms with Gasteiger partial charge < -0.3 is 19.4 Å². The Balaban J connectivity index is 0.00000167. The van der Waals surface area contributed by atoms with Gasteiger partial charge in [-0.3, -0.25) is 0 Å². The predicted molar refractivity (Wildman–Crippen MR) is 139 cm³/mol. The lowest BCUT2D eigenvalue weighted by atomic mass is 9.95. The smallest absolute Gasteiger partial charge is 0.338 e. The summed E-state index contributed by atoms with van der Waals surface area (Å²) in [5.41, 5.74) is 3.04. The number of alkyl halides is 1. The summed E-state index contributed by atoms with van der Waals surface area (Å²) in [6.45, 7) is -0.0512. The van der Waals surface area contributed by atoms with E-state index >= 15 is 0 Å². The second-order valence-electron chi connectivity index (χ2n) is 7.88. The molecule has 0 heterocycles. The molecule has 0 saturated carbocycles. The zero-order chi connectivity index (χ0) is 25.2. The van der Waals surface area contributed by atoms with Crippen molar-refractivity contribution in [3.8, 4) is 0 Å². The lowest BCUT2D eigenvalue weighted by Crippen LogP contribution is -2.32. The van der Waals surface area contributed by atoms with Crippen LogP contribution < -0.4 is 0 Å². The number of carbonyl (C=O) groups excluding carboxylic acids is 3. The Kier molecular flexibility index (Phi) is 9.76. The third-order valence-electron chi connectivity index (χ3n) is 5.61. The van der Waals surface area contributed by atoms with Gasteiger partial charge in [0.15, 0.2) is 0 Å². The highest BCUT2D eigenvalue weighted by molar-refractivity contribution is 9.09. The van der Waals surface area contributed by atoms with Gasteiger partial charge in [0, 0.05) is 13.5 Å². The molecule has 0 radical (unpaired) electrons. The van der Waals surface area contributed by atoms with E-state index < -0.39 is 22.9 Å². The van der Waals surface area contributed by atoms with Crippen molar-refractivity contribution in [1.29, 1.82) is 0 Å². The Morgan fingerprint density at radius 2 is 1.71 bits per heavy atom. The number of halogens is 1. The van der Waals surface area contributed by atoms with Crippen molar-refractivity contribution in [1.82, 2.24) is 0 Å². The summed E-state index contributed by atoms with van der Waals surface area (Å²) in [4.78, 5) is 35.9. The van der Waals surface area contributed by atoms with E-state index in [0.29, 0.717) is 17.4 Å². The van der Waals surface area contributed by atoms with Crippen LogP contribution in [0.1, 0.15) is 44.7 Å². The predicted octanol–water partition coefficient (Wildman–Crippen LogP) is 5.14. The van der Waals surface area contributed by atoms with Crippen molar-refractivity contribution >= 4 is 51.0 Å². The van der Waals surface area contributed by atoms with E-state index in [0.717, 1.165) is 36.3 Å². The maximum Gasteiger partial charge on any atom is 0.338 e. The fourth-order valence-electron chi connectivity index (χ4n) is 3.79. The maximum atomic E-state index is 12.7. The molecule has 0 aliphatic heterocycles. The van der Waals surface area contributed by atoms with Crippen LogP contribution in [0, 0.1) is 0 Å². The van der Waals surface area contributed by atoms with E-state index in [1.807, 2.05) is 42.5 Å². The number of aliphatic hydroxyl groups is 1. The number of allylic oxidation sites excluding steroid dienone is 1. The average Bonchev–Trinajstić information content (AvgIpc) is 2.91. The second-order valence-corrected chi connectivity index (χ2v) is 9.05. The number of rotatable bonds is 8. The number of aldehydes is 1. The quantitative estimate of drug-likeness (QED) is 0.242. The van der Waals surface area contributed by atoms with Crippen molar-refractivity contribution in [2.45, 2.75) is 30.2 Å². The molecule has 182 valence electrons. The van der Waals surface area contributed by atoms with Crippen LogP contribution in [0.25, 0.3) is 16.8 Å². The molecule has 0 aromatic heterocycles. The zero-order valence-corrected chi connectivity index (χ0v) is 20.9. The molecule has 1 aliphatic rings. The summed E-state index contributed by atoms with van der Waals surface area (Å²) in [6.07, 6.45) is 5.91. The van der Waals surface area contributed by atoms with E-state index in [-0.39, 0.29) is 13.0 Å². The molecule has 0 amide bonds. The van der Waals surface area contributed by atoms with Crippen molar-refractivity contribution in [2.75, 3.05) is 13.7 Å². The van der Waals surface area contributed by atoms with Crippen molar-refractivity contribution < 1.29 is 29.0 Å². The maximum absolute atomic E-state index is 12.7. The molecule has 3 aromatic carbocycles. The topological polar surface area (TPSA) is 89.9 Å². The third kappa shape index (κ3) is 6.87. The summed E-state index contributed by atoms with van der Waals surface area (Å²) < 4.78 is 11.0. The first-order valence-electron chi connectivity index (χ1n) is 11.2. The molecule has 0 spiro atoms. The van der Waals surface area contributed by atoms with Crippen LogP contribution in [0.4, 0.5) is 0 Å². The lowest BCUT2D eigenvalue weighted by Gasteiger charge is -2.21. The Bertz CT molecular complexity index is 1220. The summed E-state index contributed by atoms with van der Waals surface area (Å²) >= 11 is 3.42. The molecule has 0 bridgehead atoms. The number of aryl methyl sites for hydroxylation is 1. The molecule has 1 N–H and O–H groups in total. The fourth-order valence-corrected chi connectivity index (χ4v) is 4.24. The monoisotopic (exact) mass is 538 g/mol. The van der Waals surface area contributed by atoms with Gasteiger partial charge in [0.2, 0.25) is 0 Å². The van der Waals surface area contributed by atoms with Gasteiger partial charge in [-0.15, -0.1) is 0 Å². The molecular weight excluding hydrogens is 512 g/mol. The number of esters is 2. The number of hydrogen-bond donors (Lipinski definition) is 1. The Labute approximate surface area is 212 Å². The second kappa shape index (κ2) is 13.0. The lowest BCUT2D eigenvalue weighted by molar-refractivity contribution is -0.109. The molecular formula is C28H27BrO6. The van der Waals surface area contributed by atoms with Gasteiger partial charge in [0.05, 0.1) is 16.0 Å². The first-order valence-corrected chi connectivity index (χ1v) is 12.2. The number of benzene rings is 3. The molecule has 1 aliphatic carbocycles. The van der Waals surface area contributed by atoms with Crippen molar-refractivity contribution in [2.24, 2.45) is 0 Å². The zero-order valence-electron chi connectivity index (χ0n) is 19.4. The first-order chi connectivity index (χ1) is 17.0. The minimum atomic E-state index is -0.772. The van der Waals surface area contributed by atoms with Crippen LogP contribution in [0.5, 0.6) is 0 Å². The fraction of sp³-hybridized carbons (Fsp3) is 0.250. The van der Waals surface area contributed by atoms with Gasteiger partial charge in [-0.05, 0) is 59.0 Å². The summed E-state index contributed by atoms with van der Waals surface area (Å²) in [5, 5.41) is 8.97. The number of aliphatic hydroxyl groups excluding tert-OH is 1. The molecule has 6 nitrogen and oxygen atoms in total. The highest BCUT2D eigenvalue weighted by Crippen LogP contribution is 2.23. The minimum absolute atomic E-state index is 0.0139. The highest BCUT2D eigenvalue weighted by Gasteiger charge is 2.26. The first kappa shape index (κ1) is 26.3. The SMILES string of the molecule is CO.O=CC[C@@H](OC(=O)c1ccc2c(c1)C=CCC2)[C@H](Br)COC(=O)c1ccc2ccccc2c1. The van der Waals surface area contributed by atoms with Crippen molar-refractivity contribution in [3.05, 3.63) is 89.0 Å². The Morgan fingerprint density at radius 1 is 1.00 bits per heavy atom. The summed E-state index contributed by atoms with van der Waals surface area (Å²) in [6, 6.07) is 18.6. The van der Waals surface area contributed by atoms with E-state index in [9.17, 15) is 14.4 Å². The number of fused-ring (bicyclic) bond motifs is 2. The van der Waals surface area contributed by atoms with Crippen LogP contribution >= 0.6 is 15.9 Å². The molecule has 3 aromatic rings. The van der Waals surface area contributed by atoms with E-state index in [2.05, 4.69) is 22.0 Å². The standard InChI is InChI=1S/C27H23BrO5.CH4O/c28-24(17-32-26(30)22-11-9-18-5-1-3-7-20(18)15-22)25(13-14-29)33-27(31)23-12-10-19-6-2-4-8-21(19)16-23;1-2/h1,3-5,7-12,14-16,24-25H,2,6,13,17H2;2H,1H3/t24-,25-;/m1./s1. The highest BCUT2D eigenvalue weighted by atomic mass is 79.9. The van der Waals surface area contributed by atoms with Crippen LogP contribution in [0.2, 0.25) is 0 Å². The molecule has 0 fully saturated rings. The van der Waals surface area contributed by atoms with Gasteiger partial charge in [-0.25, -0.2) is 9.59 Å². The third-order valence-corrected chi connectivity index (χ3v) is 6.46. The van der Waals surface area contributed by atoms with Gasteiger partial charge in [0.1, 0.15) is 19.0 Å². The number of ether oxygens (including phenoxy) is 2. The Hall–Kier alpha value is -3.29. The summed E-state index contributed by atoms with van der Waals surface area (Å²) in [7, 11) is 1.00. The van der Waals surface area contributed by atoms with Crippen LogP contribution in [-0.2, 0) is 20.7 Å². The van der Waals surface area contributed by atoms with E-state index in [1.54, 1.807) is 24.3 Å². The molecule has 0 saturated heterocycles. The Morgan fingerprint density at radius 3 is 2.49 bits per heavy atom. The van der Waals surface area contributed by atoms with Crippen LogP contribution in [0.15, 0.2) is 66.7 Å². The van der Waals surface area contributed by atoms with Crippen molar-refractivity contribution in [3.63, 3.8) is 0 Å². The van der Waals surface area contributed by atoms with Gasteiger partial charge >= 0.3 is 11.9 Å². The van der Waals surface area contributed by atoms with E-state index in [4.69, 9.17) is 14.6 Å². The minimum Gasteiger partial charge on any atom is -0.461 e. The van der Waals surface area contributed by atoms with Crippen LogP contribution in [-0.4, -0.2) is 48.0 Å². The molecule has 7 heteroatoms. The van der Waals surface area contributed by atoms with Gasteiger partial charge in [-0.2, -0.15) is 0 Å². The van der Waals surface area contributed by atoms with E-state index in [1.165, 1.54) is 5.56 Å². The molecule has 0 unspecified atom stereocenters. The normalized spacial score (nSPS) is 13.6. The number of hydrogen-bond acceptors (Lipinski definition) is 6. The molecule has 4 rings (SSSR count). The summed E-state index contributed by atoms with van der Waals surface area (Å²) in [5.74, 6) is -1.00. The van der Waals surface area contributed by atoms with Gasteiger partial charge in [0.25, 0.3) is 0 Å². The largest absolute Gasteiger partial charge is 0.461 e. The molecule has 35 heavy (non-hydrogen) atoms. The van der Waals surface area contributed by atoms with Crippen LogP contribution in [0.3, 0.4) is 0 Å². The average molecular weight is 539 g/mol. The number of carbonyl (C=O) groups is 3. The van der Waals surface area contributed by atoms with Gasteiger partial charge in [-0.1, -0.05) is 64.5 Å². The molecule has 2 atom stereocenters.